The quantitative estimate of drug-likeness (QED) is 0.756. The van der Waals surface area contributed by atoms with E-state index in [2.05, 4.69) is 0 Å². The first-order chi connectivity index (χ1) is 11.2. The number of benzene rings is 1. The van der Waals surface area contributed by atoms with Crippen LogP contribution < -0.4 is 0 Å². The number of ether oxygens (including phenoxy) is 4. The van der Waals surface area contributed by atoms with Gasteiger partial charge in [0.1, 0.15) is 12.2 Å². The summed E-state index contributed by atoms with van der Waals surface area (Å²) in [6, 6.07) is 6.43. The molecule has 2 aliphatic rings. The largest absolute Gasteiger partial charge is 0.353 e. The molecule has 1 aromatic carbocycles. The molecule has 0 N–H and O–H groups in total. The fourth-order valence-corrected chi connectivity index (χ4v) is 3.99. The Morgan fingerprint density at radius 3 is 2.46 bits per heavy atom. The molecule has 2 fully saturated rings. The molecule has 24 heavy (non-hydrogen) atoms. The maximum atomic E-state index is 12.6. The molecule has 2 aliphatic heterocycles. The minimum Gasteiger partial charge on any atom is -0.353 e. The summed E-state index contributed by atoms with van der Waals surface area (Å²) in [6.45, 7) is 5.65. The average Bonchev–Trinajstić information content (AvgIpc) is 2.82. The van der Waals surface area contributed by atoms with Gasteiger partial charge in [0, 0.05) is 7.11 Å². The molecule has 2 saturated heterocycles. The molecule has 7 nitrogen and oxygen atoms in total. The van der Waals surface area contributed by atoms with Crippen LogP contribution in [0, 0.1) is 6.92 Å². The number of aryl methyl sites for hydroxylation is 1. The first-order valence-corrected chi connectivity index (χ1v) is 9.13. The van der Waals surface area contributed by atoms with E-state index in [1.54, 1.807) is 26.0 Å². The lowest BCUT2D eigenvalue weighted by atomic mass is 10.1. The predicted molar refractivity (Wildman–Crippen MR) is 83.8 cm³/mol. The summed E-state index contributed by atoms with van der Waals surface area (Å²) in [6.07, 6.45) is -2.82. The summed E-state index contributed by atoms with van der Waals surface area (Å²) in [5.74, 6) is -0.837. The first-order valence-electron chi connectivity index (χ1n) is 7.72. The van der Waals surface area contributed by atoms with Gasteiger partial charge in [-0.05, 0) is 32.9 Å². The molecule has 0 unspecified atom stereocenters. The molecule has 3 rings (SSSR count). The summed E-state index contributed by atoms with van der Waals surface area (Å²) in [5, 5.41) is 0. The first kappa shape index (κ1) is 17.8. The highest BCUT2D eigenvalue weighted by Crippen LogP contribution is 2.37. The highest BCUT2D eigenvalue weighted by molar-refractivity contribution is 7.86. The topological polar surface area (TPSA) is 80.3 Å². The van der Waals surface area contributed by atoms with E-state index in [1.165, 1.54) is 19.2 Å². The monoisotopic (exact) mass is 358 g/mol. The van der Waals surface area contributed by atoms with Crippen molar-refractivity contribution in [2.45, 2.75) is 56.1 Å². The van der Waals surface area contributed by atoms with Crippen LogP contribution in [-0.4, -0.2) is 52.5 Å². The average molecular weight is 358 g/mol. The lowest BCUT2D eigenvalue weighted by Gasteiger charge is -2.35. The summed E-state index contributed by atoms with van der Waals surface area (Å²) >= 11 is 0. The van der Waals surface area contributed by atoms with Crippen molar-refractivity contribution in [3.63, 3.8) is 0 Å². The Morgan fingerprint density at radius 2 is 1.83 bits per heavy atom. The lowest BCUT2D eigenvalue weighted by molar-refractivity contribution is -0.233. The van der Waals surface area contributed by atoms with Crippen LogP contribution in [0.4, 0.5) is 0 Å². The van der Waals surface area contributed by atoms with E-state index < -0.39 is 40.5 Å². The summed E-state index contributed by atoms with van der Waals surface area (Å²) < 4.78 is 52.9. The van der Waals surface area contributed by atoms with Crippen LogP contribution in [0.3, 0.4) is 0 Å². The smallest absolute Gasteiger partial charge is 0.297 e. The van der Waals surface area contributed by atoms with Crippen molar-refractivity contribution >= 4 is 10.1 Å². The zero-order valence-electron chi connectivity index (χ0n) is 14.1. The second-order valence-electron chi connectivity index (χ2n) is 6.40. The maximum Gasteiger partial charge on any atom is 0.297 e. The van der Waals surface area contributed by atoms with Crippen LogP contribution in [0.2, 0.25) is 0 Å². The molecule has 0 aromatic heterocycles. The van der Waals surface area contributed by atoms with Crippen LogP contribution >= 0.6 is 0 Å². The van der Waals surface area contributed by atoms with Crippen molar-refractivity contribution in [3.8, 4) is 0 Å². The molecule has 0 spiro atoms. The molecular formula is C16H22O7S. The Labute approximate surface area is 141 Å². The van der Waals surface area contributed by atoms with Gasteiger partial charge in [-0.2, -0.15) is 8.42 Å². The highest BCUT2D eigenvalue weighted by atomic mass is 32.2. The number of methoxy groups -OCH3 is 1. The van der Waals surface area contributed by atoms with Gasteiger partial charge in [-0.3, -0.25) is 4.18 Å². The number of rotatable bonds is 4. The molecule has 4 atom stereocenters. The van der Waals surface area contributed by atoms with Crippen LogP contribution in [0.5, 0.6) is 0 Å². The van der Waals surface area contributed by atoms with Gasteiger partial charge in [0.2, 0.25) is 0 Å². The Balaban J connectivity index is 1.86. The Kier molecular flexibility index (Phi) is 4.71. The minimum atomic E-state index is -3.99. The molecular weight excluding hydrogens is 336 g/mol. The second kappa shape index (κ2) is 6.36. The molecule has 8 heteroatoms. The van der Waals surface area contributed by atoms with Gasteiger partial charge < -0.3 is 18.9 Å². The van der Waals surface area contributed by atoms with Crippen LogP contribution in [-0.2, 0) is 33.2 Å². The molecule has 0 saturated carbocycles. The van der Waals surface area contributed by atoms with E-state index in [1.807, 2.05) is 6.92 Å². The van der Waals surface area contributed by atoms with Crippen molar-refractivity contribution in [3.05, 3.63) is 29.8 Å². The van der Waals surface area contributed by atoms with Crippen molar-refractivity contribution in [2.75, 3.05) is 13.7 Å². The second-order valence-corrected chi connectivity index (χ2v) is 7.98. The molecule has 134 valence electrons. The summed E-state index contributed by atoms with van der Waals surface area (Å²) in [4.78, 5) is 0.0725. The number of fused-ring (bicyclic) bond motifs is 1. The van der Waals surface area contributed by atoms with Crippen molar-refractivity contribution in [1.29, 1.82) is 0 Å². The van der Waals surface area contributed by atoms with Crippen molar-refractivity contribution < 1.29 is 31.5 Å². The van der Waals surface area contributed by atoms with Gasteiger partial charge >= 0.3 is 0 Å². The van der Waals surface area contributed by atoms with E-state index in [0.717, 1.165) is 5.56 Å². The highest BCUT2D eigenvalue weighted by Gasteiger charge is 2.53. The fraction of sp³-hybridized carbons (Fsp3) is 0.625. The van der Waals surface area contributed by atoms with Crippen LogP contribution in [0.1, 0.15) is 19.4 Å². The molecule has 2 heterocycles. The predicted octanol–water partition coefficient (Wildman–Crippen LogP) is 1.59. The lowest BCUT2D eigenvalue weighted by Crippen LogP contribution is -2.54. The summed E-state index contributed by atoms with van der Waals surface area (Å²) in [5.41, 5.74) is 0.957. The Bertz CT molecular complexity index is 683. The van der Waals surface area contributed by atoms with Crippen molar-refractivity contribution in [1.82, 2.24) is 0 Å². The van der Waals surface area contributed by atoms with Gasteiger partial charge in [-0.25, -0.2) is 0 Å². The van der Waals surface area contributed by atoms with Gasteiger partial charge in [-0.15, -0.1) is 0 Å². The third kappa shape index (κ3) is 3.49. The van der Waals surface area contributed by atoms with E-state index in [0.29, 0.717) is 0 Å². The van der Waals surface area contributed by atoms with E-state index >= 15 is 0 Å². The third-order valence-electron chi connectivity index (χ3n) is 4.02. The normalized spacial score (nSPS) is 32.5. The van der Waals surface area contributed by atoms with Crippen LogP contribution in [0.25, 0.3) is 0 Å². The fourth-order valence-electron chi connectivity index (χ4n) is 2.92. The van der Waals surface area contributed by atoms with Gasteiger partial charge in [0.25, 0.3) is 10.1 Å². The van der Waals surface area contributed by atoms with Crippen molar-refractivity contribution in [2.24, 2.45) is 0 Å². The standard InChI is InChI=1S/C16H22O7S/c1-10-5-7-11(8-6-10)24(17,18)23-14-13-12(9-20-15(14)19-4)21-16(2,3)22-13/h5-8,12-15H,9H2,1-4H3/t12-,13-,14-,15+/m1/s1. The van der Waals surface area contributed by atoms with E-state index in [9.17, 15) is 8.42 Å². The molecule has 0 radical (unpaired) electrons. The van der Waals surface area contributed by atoms with E-state index in [-0.39, 0.29) is 11.5 Å². The minimum absolute atomic E-state index is 0.0725. The summed E-state index contributed by atoms with van der Waals surface area (Å²) in [7, 11) is -2.56. The Morgan fingerprint density at radius 1 is 1.17 bits per heavy atom. The van der Waals surface area contributed by atoms with E-state index in [4.69, 9.17) is 23.1 Å². The molecule has 0 amide bonds. The maximum absolute atomic E-state index is 12.6. The van der Waals surface area contributed by atoms with Gasteiger partial charge in [0.05, 0.1) is 11.5 Å². The third-order valence-corrected chi connectivity index (χ3v) is 5.34. The number of hydrogen-bond donors (Lipinski definition) is 0. The SMILES string of the molecule is CO[C@H]1OC[C@H]2OC(C)(C)O[C@H]2[C@H]1OS(=O)(=O)c1ccc(C)cc1. The zero-order valence-corrected chi connectivity index (χ0v) is 14.9. The van der Waals surface area contributed by atoms with Gasteiger partial charge in [-0.1, -0.05) is 17.7 Å². The zero-order chi connectivity index (χ0) is 17.5. The molecule has 0 bridgehead atoms. The Hall–Kier alpha value is -1.03. The van der Waals surface area contributed by atoms with Gasteiger partial charge in [0.15, 0.2) is 18.2 Å². The number of hydrogen-bond acceptors (Lipinski definition) is 7. The van der Waals surface area contributed by atoms with Crippen LogP contribution in [0.15, 0.2) is 29.2 Å². The molecule has 0 aliphatic carbocycles. The molecule has 1 aromatic rings.